The summed E-state index contributed by atoms with van der Waals surface area (Å²) in [4.78, 5) is 28.2. The standard InChI is InChI=1S/C18H20F2N2O3S/c1-5-17(4)8-18(11-6-12(19)13(20)7-14(11)25-17)15(9(2)23)22-16(26-18)21-10(3)24/h6-7,15H,5,8H2,1-4H3,(H,21,22,24). The fourth-order valence-electron chi connectivity index (χ4n) is 3.53. The third-order valence-corrected chi connectivity index (χ3v) is 6.21. The van der Waals surface area contributed by atoms with E-state index in [1.165, 1.54) is 25.6 Å². The number of benzene rings is 1. The number of nitrogens with zero attached hydrogens (tertiary/aromatic N) is 1. The molecule has 0 fully saturated rings. The lowest BCUT2D eigenvalue weighted by Crippen LogP contribution is -2.50. The number of halogens is 2. The first kappa shape index (κ1) is 18.8. The van der Waals surface area contributed by atoms with Crippen LogP contribution in [0.1, 0.15) is 46.1 Å². The molecular formula is C18H20F2N2O3S. The Hall–Kier alpha value is -1.96. The van der Waals surface area contributed by atoms with Gasteiger partial charge in [-0.05, 0) is 26.3 Å². The summed E-state index contributed by atoms with van der Waals surface area (Å²) >= 11 is 1.20. The summed E-state index contributed by atoms with van der Waals surface area (Å²) < 4.78 is 32.9. The SMILES string of the molecule is CCC1(C)CC2(SC(NC(C)=O)=NC2C(C)=O)c2cc(F)c(F)cc2O1. The summed E-state index contributed by atoms with van der Waals surface area (Å²) in [5, 5.41) is 2.91. The molecule has 1 spiro atoms. The minimum Gasteiger partial charge on any atom is -0.487 e. The zero-order chi connectivity index (χ0) is 19.3. The third-order valence-electron chi connectivity index (χ3n) is 4.85. The summed E-state index contributed by atoms with van der Waals surface area (Å²) in [6, 6.07) is 1.27. The molecule has 8 heteroatoms. The molecule has 2 heterocycles. The van der Waals surface area contributed by atoms with Gasteiger partial charge in [0.1, 0.15) is 17.4 Å². The molecule has 0 bridgehead atoms. The molecule has 0 aromatic heterocycles. The lowest BCUT2D eigenvalue weighted by Gasteiger charge is -2.46. The number of hydrogen-bond acceptors (Lipinski definition) is 5. The summed E-state index contributed by atoms with van der Waals surface area (Å²) in [7, 11) is 0. The lowest BCUT2D eigenvalue weighted by atomic mass is 9.76. The van der Waals surface area contributed by atoms with Crippen molar-refractivity contribution in [2.24, 2.45) is 4.99 Å². The van der Waals surface area contributed by atoms with E-state index in [9.17, 15) is 18.4 Å². The van der Waals surface area contributed by atoms with Gasteiger partial charge in [-0.3, -0.25) is 9.59 Å². The maximum absolute atomic E-state index is 14.0. The molecule has 3 unspecified atom stereocenters. The van der Waals surface area contributed by atoms with Gasteiger partial charge in [0.2, 0.25) is 5.91 Å². The highest BCUT2D eigenvalue weighted by atomic mass is 32.2. The molecule has 3 atom stereocenters. The maximum Gasteiger partial charge on any atom is 0.222 e. The van der Waals surface area contributed by atoms with Crippen LogP contribution < -0.4 is 10.1 Å². The second kappa shape index (κ2) is 6.33. The van der Waals surface area contributed by atoms with E-state index < -0.39 is 28.0 Å². The number of Topliss-reactive ketones (excluding diaryl/α,β-unsaturated/α-hetero) is 1. The second-order valence-electron chi connectivity index (χ2n) is 6.96. The molecule has 3 rings (SSSR count). The van der Waals surface area contributed by atoms with Crippen LogP contribution in [0.2, 0.25) is 0 Å². The van der Waals surface area contributed by atoms with E-state index in [1.807, 2.05) is 13.8 Å². The first-order valence-corrected chi connectivity index (χ1v) is 9.15. The van der Waals surface area contributed by atoms with Gasteiger partial charge in [0.05, 0.1) is 4.75 Å². The van der Waals surface area contributed by atoms with E-state index in [2.05, 4.69) is 10.3 Å². The molecule has 0 aliphatic carbocycles. The number of carbonyl (C=O) groups excluding carboxylic acids is 2. The summed E-state index contributed by atoms with van der Waals surface area (Å²) in [6.45, 7) is 6.55. The van der Waals surface area contributed by atoms with Crippen molar-refractivity contribution < 1.29 is 23.1 Å². The number of carbonyl (C=O) groups is 2. The molecule has 1 amide bonds. The van der Waals surface area contributed by atoms with E-state index >= 15 is 0 Å². The number of fused-ring (bicyclic) bond motifs is 2. The number of thioether (sulfide) groups is 1. The number of nitrogens with one attached hydrogen (secondary N) is 1. The van der Waals surface area contributed by atoms with Crippen LogP contribution in [0.15, 0.2) is 17.1 Å². The van der Waals surface area contributed by atoms with Crippen molar-refractivity contribution in [2.75, 3.05) is 0 Å². The number of rotatable bonds is 2. The maximum atomic E-state index is 14.0. The Balaban J connectivity index is 2.20. The van der Waals surface area contributed by atoms with Gasteiger partial charge in [-0.1, -0.05) is 18.7 Å². The van der Waals surface area contributed by atoms with Crippen LogP contribution >= 0.6 is 11.8 Å². The van der Waals surface area contributed by atoms with Crippen molar-refractivity contribution in [3.05, 3.63) is 29.3 Å². The largest absolute Gasteiger partial charge is 0.487 e. The fraction of sp³-hybridized carbons (Fsp3) is 0.500. The van der Waals surface area contributed by atoms with Gasteiger partial charge < -0.3 is 10.1 Å². The van der Waals surface area contributed by atoms with Crippen LogP contribution in [0, 0.1) is 11.6 Å². The molecule has 0 saturated carbocycles. The van der Waals surface area contributed by atoms with Crippen LogP contribution in [0.3, 0.4) is 0 Å². The number of aliphatic imine (C=N–C) groups is 1. The van der Waals surface area contributed by atoms with E-state index in [1.54, 1.807) is 0 Å². The number of hydrogen-bond donors (Lipinski definition) is 1. The van der Waals surface area contributed by atoms with Crippen molar-refractivity contribution >= 4 is 28.6 Å². The number of ketones is 1. The molecule has 0 saturated heterocycles. The smallest absolute Gasteiger partial charge is 0.222 e. The van der Waals surface area contributed by atoms with Crippen molar-refractivity contribution in [1.29, 1.82) is 0 Å². The Morgan fingerprint density at radius 2 is 2.00 bits per heavy atom. The molecule has 26 heavy (non-hydrogen) atoms. The monoisotopic (exact) mass is 382 g/mol. The lowest BCUT2D eigenvalue weighted by molar-refractivity contribution is -0.120. The minimum absolute atomic E-state index is 0.206. The van der Waals surface area contributed by atoms with Crippen molar-refractivity contribution in [1.82, 2.24) is 5.32 Å². The zero-order valence-corrected chi connectivity index (χ0v) is 15.8. The number of amides is 1. The summed E-state index contributed by atoms with van der Waals surface area (Å²) in [6.07, 6.45) is 0.976. The van der Waals surface area contributed by atoms with Crippen molar-refractivity contribution in [2.45, 2.75) is 56.9 Å². The Labute approximate surface area is 154 Å². The van der Waals surface area contributed by atoms with Crippen molar-refractivity contribution in [3.63, 3.8) is 0 Å². The minimum atomic E-state index is -1.01. The topological polar surface area (TPSA) is 67.8 Å². The van der Waals surface area contributed by atoms with E-state index in [0.717, 1.165) is 12.1 Å². The quantitative estimate of drug-likeness (QED) is 0.852. The number of ether oxygens (including phenoxy) is 1. The third kappa shape index (κ3) is 3.00. The first-order chi connectivity index (χ1) is 12.1. The second-order valence-corrected chi connectivity index (χ2v) is 8.28. The average Bonchev–Trinajstić information content (AvgIpc) is 2.87. The molecular weight excluding hydrogens is 362 g/mol. The van der Waals surface area contributed by atoms with Crippen LogP contribution in [-0.2, 0) is 14.3 Å². The zero-order valence-electron chi connectivity index (χ0n) is 15.0. The predicted octanol–water partition coefficient (Wildman–Crippen LogP) is 3.31. The average molecular weight is 382 g/mol. The van der Waals surface area contributed by atoms with Gasteiger partial charge in [0, 0.05) is 25.0 Å². The highest BCUT2D eigenvalue weighted by Crippen LogP contribution is 2.58. The molecule has 140 valence electrons. The molecule has 2 aliphatic rings. The van der Waals surface area contributed by atoms with Gasteiger partial charge in [-0.15, -0.1) is 0 Å². The summed E-state index contributed by atoms with van der Waals surface area (Å²) in [5.41, 5.74) is -0.296. The molecule has 0 radical (unpaired) electrons. The van der Waals surface area contributed by atoms with Crippen LogP contribution in [0.5, 0.6) is 5.75 Å². The molecule has 1 N–H and O–H groups in total. The normalized spacial score (nSPS) is 29.8. The molecule has 1 aromatic carbocycles. The Bertz CT molecular complexity index is 829. The Morgan fingerprint density at radius 3 is 2.58 bits per heavy atom. The van der Waals surface area contributed by atoms with Gasteiger partial charge in [0.15, 0.2) is 22.6 Å². The highest BCUT2D eigenvalue weighted by Gasteiger charge is 2.57. The summed E-state index contributed by atoms with van der Waals surface area (Å²) in [5.74, 6) is -2.34. The molecule has 1 aromatic rings. The highest BCUT2D eigenvalue weighted by molar-refractivity contribution is 8.15. The predicted molar refractivity (Wildman–Crippen MR) is 95.3 cm³/mol. The van der Waals surface area contributed by atoms with Crippen molar-refractivity contribution in [3.8, 4) is 5.75 Å². The van der Waals surface area contributed by atoms with E-state index in [-0.39, 0.29) is 17.4 Å². The van der Waals surface area contributed by atoms with Gasteiger partial charge in [0.25, 0.3) is 0 Å². The van der Waals surface area contributed by atoms with Crippen LogP contribution in [0.25, 0.3) is 0 Å². The van der Waals surface area contributed by atoms with E-state index in [4.69, 9.17) is 4.74 Å². The molecule has 2 aliphatic heterocycles. The first-order valence-electron chi connectivity index (χ1n) is 8.33. The fourth-order valence-corrected chi connectivity index (χ4v) is 5.21. The van der Waals surface area contributed by atoms with Gasteiger partial charge >= 0.3 is 0 Å². The Kier molecular flexibility index (Phi) is 4.58. The molecule has 5 nitrogen and oxygen atoms in total. The van der Waals surface area contributed by atoms with Crippen LogP contribution in [-0.4, -0.2) is 28.5 Å². The van der Waals surface area contributed by atoms with Gasteiger partial charge in [-0.2, -0.15) is 0 Å². The van der Waals surface area contributed by atoms with Crippen LogP contribution in [0.4, 0.5) is 8.78 Å². The van der Waals surface area contributed by atoms with E-state index in [0.29, 0.717) is 23.6 Å². The Morgan fingerprint density at radius 1 is 1.35 bits per heavy atom. The van der Waals surface area contributed by atoms with Gasteiger partial charge in [-0.25, -0.2) is 13.8 Å². The number of amidine groups is 1.